The summed E-state index contributed by atoms with van der Waals surface area (Å²) in [5.41, 5.74) is 7.31. The summed E-state index contributed by atoms with van der Waals surface area (Å²) < 4.78 is 12.2. The number of fused-ring (bicyclic) bond motifs is 1. The molecule has 40 heavy (non-hydrogen) atoms. The van der Waals surface area contributed by atoms with E-state index in [2.05, 4.69) is 54.6 Å². The van der Waals surface area contributed by atoms with E-state index in [1.165, 1.54) is 11.1 Å². The lowest BCUT2D eigenvalue weighted by atomic mass is 9.97. The molecule has 0 fully saturated rings. The number of para-hydroxylation sites is 1. The third-order valence-corrected chi connectivity index (χ3v) is 7.07. The van der Waals surface area contributed by atoms with Gasteiger partial charge < -0.3 is 14.3 Å². The fourth-order valence-corrected chi connectivity index (χ4v) is 5.02. The topological polar surface area (TPSA) is 59.7 Å². The molecule has 6 rings (SSSR count). The molecule has 0 aliphatic rings. The molecule has 0 bridgehead atoms. The molecule has 6 aromatic rings. The van der Waals surface area contributed by atoms with Crippen LogP contribution in [0.3, 0.4) is 0 Å². The molecule has 1 atom stereocenters. The second-order valence-electron chi connectivity index (χ2n) is 9.80. The first-order valence-electron chi connectivity index (χ1n) is 13.3. The van der Waals surface area contributed by atoms with E-state index in [0.717, 1.165) is 45.4 Å². The monoisotopic (exact) mass is 524 g/mol. The smallest absolute Gasteiger partial charge is 0.345 e. The summed E-state index contributed by atoms with van der Waals surface area (Å²) >= 11 is 0. The van der Waals surface area contributed by atoms with E-state index in [1.54, 1.807) is 0 Å². The van der Waals surface area contributed by atoms with Gasteiger partial charge in [-0.1, -0.05) is 115 Å². The molecule has 1 heterocycles. The van der Waals surface area contributed by atoms with E-state index < -0.39 is 12.1 Å². The molecule has 1 N–H and O–H groups in total. The van der Waals surface area contributed by atoms with Crippen molar-refractivity contribution in [3.63, 3.8) is 0 Å². The van der Waals surface area contributed by atoms with E-state index >= 15 is 0 Å². The van der Waals surface area contributed by atoms with Gasteiger partial charge in [-0.05, 0) is 40.5 Å². The predicted octanol–water partition coefficient (Wildman–Crippen LogP) is 8.43. The molecule has 1 unspecified atom stereocenters. The Kier molecular flexibility index (Phi) is 7.14. The van der Waals surface area contributed by atoms with Crippen LogP contribution in [0.2, 0.25) is 0 Å². The number of rotatable bonds is 9. The van der Waals surface area contributed by atoms with E-state index in [1.807, 2.05) is 78.9 Å². The highest BCUT2D eigenvalue weighted by molar-refractivity contribution is 5.88. The largest absolute Gasteiger partial charge is 0.478 e. The molecule has 0 saturated heterocycles. The van der Waals surface area contributed by atoms with E-state index in [4.69, 9.17) is 9.15 Å². The first-order chi connectivity index (χ1) is 19.6. The van der Waals surface area contributed by atoms with Crippen LogP contribution in [0.15, 0.2) is 138 Å². The molecule has 5 aromatic carbocycles. The molecular weight excluding hydrogens is 496 g/mol. The van der Waals surface area contributed by atoms with Crippen molar-refractivity contribution in [2.24, 2.45) is 0 Å². The molecule has 1 aromatic heterocycles. The minimum Gasteiger partial charge on any atom is -0.478 e. The molecule has 0 radical (unpaired) electrons. The number of benzene rings is 5. The van der Waals surface area contributed by atoms with E-state index in [9.17, 15) is 9.90 Å². The second-order valence-corrected chi connectivity index (χ2v) is 9.80. The summed E-state index contributed by atoms with van der Waals surface area (Å²) in [6.45, 7) is 0. The zero-order valence-electron chi connectivity index (χ0n) is 21.9. The van der Waals surface area contributed by atoms with Gasteiger partial charge >= 0.3 is 5.97 Å². The van der Waals surface area contributed by atoms with Gasteiger partial charge in [0.2, 0.25) is 0 Å². The second kappa shape index (κ2) is 11.3. The lowest BCUT2D eigenvalue weighted by molar-refractivity contribution is -0.145. The van der Waals surface area contributed by atoms with Crippen LogP contribution < -0.4 is 4.74 Å². The standard InChI is InChI=1S/C36H28O4/c37-36(38)34(24-26-11-5-2-6-12-26)39-30-21-19-28(20-22-30)27-15-17-29(18-16-27)35-32(23-25-9-3-1-4-10-25)31-13-7-8-14-33(31)40-35/h1-22,34H,23-24H2,(H,37,38). The Labute approximate surface area is 233 Å². The number of hydrogen-bond donors (Lipinski definition) is 1. The fourth-order valence-electron chi connectivity index (χ4n) is 5.02. The highest BCUT2D eigenvalue weighted by Gasteiger charge is 2.20. The summed E-state index contributed by atoms with van der Waals surface area (Å²) in [5, 5.41) is 10.8. The molecule has 4 heteroatoms. The molecule has 0 amide bonds. The Balaban J connectivity index is 1.22. The van der Waals surface area contributed by atoms with Crippen LogP contribution in [0.1, 0.15) is 16.7 Å². The highest BCUT2D eigenvalue weighted by atomic mass is 16.5. The molecule has 0 aliphatic heterocycles. The van der Waals surface area contributed by atoms with Gasteiger partial charge in [-0.2, -0.15) is 0 Å². The minimum atomic E-state index is -0.985. The van der Waals surface area contributed by atoms with Crippen LogP contribution in [0.4, 0.5) is 0 Å². The van der Waals surface area contributed by atoms with Crippen molar-refractivity contribution in [3.8, 4) is 28.2 Å². The van der Waals surface area contributed by atoms with Gasteiger partial charge in [0.05, 0.1) is 0 Å². The van der Waals surface area contributed by atoms with Crippen LogP contribution in [0, 0.1) is 0 Å². The zero-order valence-corrected chi connectivity index (χ0v) is 21.9. The third kappa shape index (κ3) is 5.52. The Bertz CT molecular complexity index is 1720. The van der Waals surface area contributed by atoms with Crippen LogP contribution in [-0.2, 0) is 17.6 Å². The minimum absolute atomic E-state index is 0.299. The van der Waals surface area contributed by atoms with Crippen LogP contribution in [0.5, 0.6) is 5.75 Å². The summed E-state index contributed by atoms with van der Waals surface area (Å²) in [6, 6.07) is 44.0. The van der Waals surface area contributed by atoms with Gasteiger partial charge in [0.15, 0.2) is 6.10 Å². The van der Waals surface area contributed by atoms with E-state index in [-0.39, 0.29) is 0 Å². The summed E-state index contributed by atoms with van der Waals surface area (Å²) in [4.78, 5) is 11.8. The first kappa shape index (κ1) is 25.2. The molecule has 196 valence electrons. The number of hydrogen-bond acceptors (Lipinski definition) is 3. The quantitative estimate of drug-likeness (QED) is 0.206. The highest BCUT2D eigenvalue weighted by Crippen LogP contribution is 2.36. The van der Waals surface area contributed by atoms with Crippen molar-refractivity contribution < 1.29 is 19.1 Å². The van der Waals surface area contributed by atoms with Gasteiger partial charge in [-0.25, -0.2) is 4.79 Å². The summed E-state index contributed by atoms with van der Waals surface area (Å²) in [5.74, 6) is 0.427. The number of aliphatic carboxylic acids is 1. The number of carboxylic acids is 1. The maximum Gasteiger partial charge on any atom is 0.345 e. The van der Waals surface area contributed by atoms with Crippen molar-refractivity contribution in [1.82, 2.24) is 0 Å². The maximum atomic E-state index is 11.8. The molecule has 0 aliphatic carbocycles. The Hall–Kier alpha value is -5.09. The molecule has 0 spiro atoms. The molecule has 0 saturated carbocycles. The van der Waals surface area contributed by atoms with Crippen molar-refractivity contribution in [1.29, 1.82) is 0 Å². The SMILES string of the molecule is O=C(O)C(Cc1ccccc1)Oc1ccc(-c2ccc(-c3oc4ccccc4c3Cc3ccccc3)cc2)cc1. The average Bonchev–Trinajstić information content (AvgIpc) is 3.36. The van der Waals surface area contributed by atoms with Gasteiger partial charge in [0.1, 0.15) is 17.1 Å². The number of carbonyl (C=O) groups is 1. The lowest BCUT2D eigenvalue weighted by Crippen LogP contribution is -2.29. The Morgan fingerprint density at radius 1 is 0.650 bits per heavy atom. The number of ether oxygens (including phenoxy) is 1. The van der Waals surface area contributed by atoms with Gasteiger partial charge in [-0.3, -0.25) is 0 Å². The van der Waals surface area contributed by atoms with Crippen molar-refractivity contribution in [2.45, 2.75) is 18.9 Å². The summed E-state index contributed by atoms with van der Waals surface area (Å²) in [7, 11) is 0. The molecule has 4 nitrogen and oxygen atoms in total. The van der Waals surface area contributed by atoms with Gasteiger partial charge in [-0.15, -0.1) is 0 Å². The Morgan fingerprint density at radius 3 is 1.85 bits per heavy atom. The zero-order chi connectivity index (χ0) is 27.3. The van der Waals surface area contributed by atoms with Crippen LogP contribution >= 0.6 is 0 Å². The summed E-state index contributed by atoms with van der Waals surface area (Å²) in [6.07, 6.45) is 0.132. The first-order valence-corrected chi connectivity index (χ1v) is 13.3. The van der Waals surface area contributed by atoms with Gasteiger partial charge in [0, 0.05) is 29.4 Å². The third-order valence-electron chi connectivity index (χ3n) is 7.07. The fraction of sp³-hybridized carbons (Fsp3) is 0.0833. The van der Waals surface area contributed by atoms with E-state index in [0.29, 0.717) is 12.2 Å². The predicted molar refractivity (Wildman–Crippen MR) is 159 cm³/mol. The maximum absolute atomic E-state index is 11.8. The van der Waals surface area contributed by atoms with Crippen molar-refractivity contribution >= 4 is 16.9 Å². The Morgan fingerprint density at radius 2 is 1.20 bits per heavy atom. The van der Waals surface area contributed by atoms with Gasteiger partial charge in [0.25, 0.3) is 0 Å². The normalized spacial score (nSPS) is 11.8. The van der Waals surface area contributed by atoms with Crippen molar-refractivity contribution in [2.75, 3.05) is 0 Å². The van der Waals surface area contributed by atoms with Crippen LogP contribution in [0.25, 0.3) is 33.4 Å². The van der Waals surface area contributed by atoms with Crippen molar-refractivity contribution in [3.05, 3.63) is 150 Å². The number of furan rings is 1. The lowest BCUT2D eigenvalue weighted by Gasteiger charge is -2.15. The molecular formula is C36H28O4. The number of carboxylic acid groups (broad SMARTS) is 1. The average molecular weight is 525 g/mol. The van der Waals surface area contributed by atoms with Crippen LogP contribution in [-0.4, -0.2) is 17.2 Å².